The van der Waals surface area contributed by atoms with Gasteiger partial charge in [0.25, 0.3) is 6.02 Å². The fourth-order valence-corrected chi connectivity index (χ4v) is 4.05. The van der Waals surface area contributed by atoms with E-state index >= 15 is 0 Å². The van der Waals surface area contributed by atoms with E-state index < -0.39 is 5.54 Å². The molecule has 1 aliphatic carbocycles. The monoisotopic (exact) mass is 400 g/mol. The molecule has 3 aliphatic rings. The number of fused-ring (bicyclic) bond motifs is 4. The fourth-order valence-electron chi connectivity index (χ4n) is 4.05. The number of nitrogens with zero attached hydrogens (tertiary/aromatic N) is 3. The lowest BCUT2D eigenvalue weighted by molar-refractivity contribution is 0.262. The van der Waals surface area contributed by atoms with E-state index in [4.69, 9.17) is 24.9 Å². The van der Waals surface area contributed by atoms with Crippen LogP contribution in [0.3, 0.4) is 0 Å². The van der Waals surface area contributed by atoms with Gasteiger partial charge < -0.3 is 19.9 Å². The highest BCUT2D eigenvalue weighted by atomic mass is 16.5. The van der Waals surface area contributed by atoms with Crippen LogP contribution in [0.2, 0.25) is 0 Å². The van der Waals surface area contributed by atoms with Gasteiger partial charge in [-0.15, -0.1) is 0 Å². The second-order valence-electron chi connectivity index (χ2n) is 7.95. The summed E-state index contributed by atoms with van der Waals surface area (Å²) in [6.07, 6.45) is 7.57. The Bertz CT molecular complexity index is 1160. The molecule has 1 saturated carbocycles. The van der Waals surface area contributed by atoms with Crippen molar-refractivity contribution in [3.05, 3.63) is 66.2 Å². The van der Waals surface area contributed by atoms with Gasteiger partial charge in [-0.25, -0.2) is 15.0 Å². The van der Waals surface area contributed by atoms with E-state index in [1.807, 2.05) is 30.3 Å². The predicted molar refractivity (Wildman–Crippen MR) is 111 cm³/mol. The summed E-state index contributed by atoms with van der Waals surface area (Å²) in [6, 6.07) is 12.1. The van der Waals surface area contributed by atoms with Gasteiger partial charge >= 0.3 is 0 Å². The van der Waals surface area contributed by atoms with Crippen LogP contribution >= 0.6 is 0 Å². The number of benzene rings is 2. The van der Waals surface area contributed by atoms with Crippen LogP contribution in [-0.2, 0) is 10.3 Å². The quantitative estimate of drug-likeness (QED) is 0.719. The van der Waals surface area contributed by atoms with Crippen molar-refractivity contribution in [2.24, 2.45) is 16.6 Å². The van der Waals surface area contributed by atoms with Crippen LogP contribution in [0, 0.1) is 5.92 Å². The lowest BCUT2D eigenvalue weighted by Gasteiger charge is -2.34. The minimum absolute atomic E-state index is 0.173. The van der Waals surface area contributed by atoms with Crippen LogP contribution in [0.5, 0.6) is 17.2 Å². The number of hydrogen-bond donors (Lipinski definition) is 1. The number of aromatic nitrogens is 2. The molecule has 2 aliphatic heterocycles. The zero-order valence-electron chi connectivity index (χ0n) is 16.2. The number of nitrogens with two attached hydrogens (primary N) is 1. The average Bonchev–Trinajstić information content (AvgIpc) is 3.54. The van der Waals surface area contributed by atoms with E-state index in [2.05, 4.69) is 16.0 Å². The lowest BCUT2D eigenvalue weighted by Crippen LogP contribution is -2.31. The molecule has 0 bridgehead atoms. The molecule has 7 heteroatoms. The van der Waals surface area contributed by atoms with Gasteiger partial charge in [0.05, 0.1) is 6.61 Å². The molecule has 150 valence electrons. The minimum Gasteiger partial charge on any atom is -0.493 e. The summed E-state index contributed by atoms with van der Waals surface area (Å²) in [5, 5.41) is 0. The molecule has 1 atom stereocenters. The molecule has 3 heterocycles. The Morgan fingerprint density at radius 1 is 1.00 bits per heavy atom. The Labute approximate surface area is 173 Å². The topological polar surface area (TPSA) is 91.9 Å². The SMILES string of the molecule is NC1=N[C@]2(CO1)c1cc(OCC3CC3)ccc1Oc1ccc(-c3cncnc3)cc12. The van der Waals surface area contributed by atoms with Crippen molar-refractivity contribution >= 4 is 6.02 Å². The molecule has 6 rings (SSSR count). The van der Waals surface area contributed by atoms with Gasteiger partial charge in [0, 0.05) is 29.1 Å². The van der Waals surface area contributed by atoms with E-state index in [1.165, 1.54) is 19.2 Å². The maximum atomic E-state index is 6.23. The predicted octanol–water partition coefficient (Wildman–Crippen LogP) is 3.63. The van der Waals surface area contributed by atoms with Gasteiger partial charge in [0.2, 0.25) is 0 Å². The van der Waals surface area contributed by atoms with E-state index in [1.54, 1.807) is 12.4 Å². The molecule has 0 saturated heterocycles. The number of aliphatic imine (C=N–C) groups is 1. The van der Waals surface area contributed by atoms with Gasteiger partial charge in [-0.1, -0.05) is 6.07 Å². The smallest absolute Gasteiger partial charge is 0.283 e. The summed E-state index contributed by atoms with van der Waals surface area (Å²) in [7, 11) is 0. The molecule has 1 fully saturated rings. The van der Waals surface area contributed by atoms with Crippen LogP contribution in [-0.4, -0.2) is 29.2 Å². The summed E-state index contributed by atoms with van der Waals surface area (Å²) >= 11 is 0. The summed E-state index contributed by atoms with van der Waals surface area (Å²) < 4.78 is 17.9. The molecule has 0 unspecified atom stereocenters. The molecule has 0 radical (unpaired) electrons. The Kier molecular flexibility index (Phi) is 3.71. The first-order chi connectivity index (χ1) is 14.7. The maximum Gasteiger partial charge on any atom is 0.283 e. The van der Waals surface area contributed by atoms with Gasteiger partial charge in [0.1, 0.15) is 30.2 Å². The van der Waals surface area contributed by atoms with Crippen molar-refractivity contribution in [2.75, 3.05) is 13.2 Å². The third-order valence-corrected chi connectivity index (χ3v) is 5.85. The Morgan fingerprint density at radius 2 is 1.77 bits per heavy atom. The van der Waals surface area contributed by atoms with E-state index in [9.17, 15) is 0 Å². The molecule has 2 N–H and O–H groups in total. The zero-order chi connectivity index (χ0) is 20.1. The molecule has 0 amide bonds. The number of rotatable bonds is 4. The lowest BCUT2D eigenvalue weighted by atomic mass is 9.80. The highest BCUT2D eigenvalue weighted by Gasteiger charge is 2.47. The van der Waals surface area contributed by atoms with E-state index in [0.717, 1.165) is 46.1 Å². The van der Waals surface area contributed by atoms with Crippen LogP contribution in [0.4, 0.5) is 0 Å². The summed E-state index contributed by atoms with van der Waals surface area (Å²) in [4.78, 5) is 13.0. The van der Waals surface area contributed by atoms with Crippen molar-refractivity contribution in [2.45, 2.75) is 18.4 Å². The molecule has 3 aromatic rings. The van der Waals surface area contributed by atoms with E-state index in [-0.39, 0.29) is 6.02 Å². The molecule has 30 heavy (non-hydrogen) atoms. The summed E-state index contributed by atoms with van der Waals surface area (Å²) in [5.41, 5.74) is 8.89. The Morgan fingerprint density at radius 3 is 2.50 bits per heavy atom. The van der Waals surface area contributed by atoms with Crippen molar-refractivity contribution < 1.29 is 14.2 Å². The highest BCUT2D eigenvalue weighted by molar-refractivity contribution is 5.78. The van der Waals surface area contributed by atoms with Crippen LogP contribution in [0.1, 0.15) is 24.0 Å². The van der Waals surface area contributed by atoms with Crippen molar-refractivity contribution in [3.8, 4) is 28.4 Å². The van der Waals surface area contributed by atoms with Crippen LogP contribution in [0.25, 0.3) is 11.1 Å². The normalized spacial score (nSPS) is 21.3. The van der Waals surface area contributed by atoms with Crippen LogP contribution in [0.15, 0.2) is 60.1 Å². The minimum atomic E-state index is -0.780. The number of ether oxygens (including phenoxy) is 3. The second-order valence-corrected chi connectivity index (χ2v) is 7.95. The van der Waals surface area contributed by atoms with Crippen molar-refractivity contribution in [1.29, 1.82) is 0 Å². The molecule has 7 nitrogen and oxygen atoms in total. The number of hydrogen-bond acceptors (Lipinski definition) is 7. The highest BCUT2D eigenvalue weighted by Crippen LogP contribution is 2.52. The largest absolute Gasteiger partial charge is 0.493 e. The Hall–Kier alpha value is -3.61. The molecule has 1 spiro atoms. The standard InChI is InChI=1S/C23H20N4O3/c24-22-27-23(12-29-22)18-7-15(16-9-25-13-26-10-16)3-5-20(18)30-21-6-4-17(8-19(21)23)28-11-14-1-2-14/h3-10,13-14H,1-2,11-12H2,(H2,24,27)/t23-/m0/s1. The second kappa shape index (κ2) is 6.45. The molecule has 1 aromatic heterocycles. The van der Waals surface area contributed by atoms with Crippen molar-refractivity contribution in [3.63, 3.8) is 0 Å². The average molecular weight is 400 g/mol. The first-order valence-electron chi connectivity index (χ1n) is 10.0. The fraction of sp³-hybridized carbons (Fsp3) is 0.261. The first-order valence-corrected chi connectivity index (χ1v) is 10.0. The molecular weight excluding hydrogens is 380 g/mol. The first kappa shape index (κ1) is 17.3. The zero-order valence-corrected chi connectivity index (χ0v) is 16.2. The number of amidine groups is 1. The van der Waals surface area contributed by atoms with Gasteiger partial charge in [-0.3, -0.25) is 0 Å². The van der Waals surface area contributed by atoms with E-state index in [0.29, 0.717) is 12.5 Å². The summed E-state index contributed by atoms with van der Waals surface area (Å²) in [6.45, 7) is 1.05. The third-order valence-electron chi connectivity index (χ3n) is 5.85. The van der Waals surface area contributed by atoms with Gasteiger partial charge in [-0.05, 0) is 54.7 Å². The van der Waals surface area contributed by atoms with Crippen LogP contribution < -0.4 is 15.2 Å². The molecule has 2 aromatic carbocycles. The Balaban J connectivity index is 1.48. The third kappa shape index (κ3) is 2.77. The summed E-state index contributed by atoms with van der Waals surface area (Å²) in [5.74, 6) is 2.95. The molecular formula is C23H20N4O3. The maximum absolute atomic E-state index is 6.23. The van der Waals surface area contributed by atoms with Crippen molar-refractivity contribution in [1.82, 2.24) is 9.97 Å². The van der Waals surface area contributed by atoms with Gasteiger partial charge in [-0.2, -0.15) is 0 Å². The van der Waals surface area contributed by atoms with Gasteiger partial charge in [0.15, 0.2) is 5.54 Å².